The summed E-state index contributed by atoms with van der Waals surface area (Å²) < 4.78 is 7.96. The molecule has 1 saturated heterocycles. The van der Waals surface area contributed by atoms with Crippen LogP contribution in [0.1, 0.15) is 24.6 Å². The van der Waals surface area contributed by atoms with E-state index in [1.54, 1.807) is 16.5 Å². The fraction of sp³-hybridized carbons (Fsp3) is 0.471. The van der Waals surface area contributed by atoms with Gasteiger partial charge >= 0.3 is 5.69 Å². The summed E-state index contributed by atoms with van der Waals surface area (Å²) in [4.78, 5) is 26.4. The van der Waals surface area contributed by atoms with Gasteiger partial charge in [0.15, 0.2) is 0 Å². The third kappa shape index (κ3) is 3.12. The van der Waals surface area contributed by atoms with E-state index in [4.69, 9.17) is 4.74 Å². The summed E-state index contributed by atoms with van der Waals surface area (Å²) in [6.45, 7) is 1.37. The molecule has 1 amide bonds. The van der Waals surface area contributed by atoms with Crippen molar-refractivity contribution >= 4 is 5.91 Å². The van der Waals surface area contributed by atoms with Crippen molar-refractivity contribution in [2.45, 2.75) is 18.8 Å². The predicted molar refractivity (Wildman–Crippen MR) is 89.2 cm³/mol. The number of benzene rings is 1. The number of amides is 1. The number of carbonyl (C=O) groups is 1. The number of ether oxygens (including phenoxy) is 1. The lowest BCUT2D eigenvalue weighted by molar-refractivity contribution is -0.136. The molecule has 0 radical (unpaired) electrons. The van der Waals surface area contributed by atoms with Crippen LogP contribution in [-0.2, 0) is 16.6 Å². The number of hydrogen-bond donors (Lipinski definition) is 0. The Hall–Kier alpha value is -2.41. The molecule has 128 valence electrons. The Morgan fingerprint density at radius 2 is 2.08 bits per heavy atom. The fourth-order valence-electron chi connectivity index (χ4n) is 3.20. The van der Waals surface area contributed by atoms with Crippen molar-refractivity contribution in [3.8, 4) is 5.69 Å². The summed E-state index contributed by atoms with van der Waals surface area (Å²) in [6.07, 6.45) is 1.79. The smallest absolute Gasteiger partial charge is 0.350 e. The lowest BCUT2D eigenvalue weighted by atomic mass is 9.97. The van der Waals surface area contributed by atoms with Crippen molar-refractivity contribution < 1.29 is 9.53 Å². The van der Waals surface area contributed by atoms with Crippen LogP contribution in [0.5, 0.6) is 0 Å². The number of rotatable bonds is 4. The highest BCUT2D eigenvalue weighted by atomic mass is 16.5. The van der Waals surface area contributed by atoms with E-state index in [1.165, 1.54) is 11.8 Å². The Kier molecular flexibility index (Phi) is 4.80. The number of piperidine rings is 1. The van der Waals surface area contributed by atoms with Crippen LogP contribution < -0.4 is 5.69 Å². The van der Waals surface area contributed by atoms with E-state index < -0.39 is 0 Å². The molecule has 2 aromatic rings. The van der Waals surface area contributed by atoms with Gasteiger partial charge in [-0.3, -0.25) is 4.79 Å². The first kappa shape index (κ1) is 16.4. The van der Waals surface area contributed by atoms with Gasteiger partial charge in [0.25, 0.3) is 0 Å². The Labute approximate surface area is 140 Å². The molecule has 1 aromatic carbocycles. The summed E-state index contributed by atoms with van der Waals surface area (Å²) in [5, 5.41) is 4.45. The first-order chi connectivity index (χ1) is 11.6. The highest BCUT2D eigenvalue weighted by molar-refractivity contribution is 5.77. The van der Waals surface area contributed by atoms with Crippen LogP contribution in [0.25, 0.3) is 5.69 Å². The van der Waals surface area contributed by atoms with Crippen LogP contribution in [0.3, 0.4) is 0 Å². The first-order valence-corrected chi connectivity index (χ1v) is 8.10. The molecule has 1 aliphatic heterocycles. The van der Waals surface area contributed by atoms with E-state index >= 15 is 0 Å². The third-order valence-corrected chi connectivity index (χ3v) is 4.37. The average Bonchev–Trinajstić information content (AvgIpc) is 2.91. The van der Waals surface area contributed by atoms with Gasteiger partial charge in [0.05, 0.1) is 5.69 Å². The maximum atomic E-state index is 12.5. The Balaban J connectivity index is 1.94. The molecule has 2 heterocycles. The zero-order valence-corrected chi connectivity index (χ0v) is 14.0. The first-order valence-electron chi connectivity index (χ1n) is 8.10. The molecule has 1 fully saturated rings. The molecular weight excluding hydrogens is 308 g/mol. The Morgan fingerprint density at radius 3 is 2.79 bits per heavy atom. The van der Waals surface area contributed by atoms with Crippen molar-refractivity contribution in [3.05, 3.63) is 46.6 Å². The molecule has 0 spiro atoms. The van der Waals surface area contributed by atoms with Gasteiger partial charge in [0, 0.05) is 33.2 Å². The Morgan fingerprint density at radius 1 is 1.33 bits per heavy atom. The molecule has 0 N–H and O–H groups in total. The fourth-order valence-corrected chi connectivity index (χ4v) is 3.20. The normalized spacial score (nSPS) is 17.9. The number of aryl methyl sites for hydroxylation is 1. The van der Waals surface area contributed by atoms with Gasteiger partial charge in [0.1, 0.15) is 12.4 Å². The van der Waals surface area contributed by atoms with Gasteiger partial charge in [-0.2, -0.15) is 5.10 Å². The molecule has 0 saturated carbocycles. The SMILES string of the molecule is COCC(=O)N1CCC[C@@H](c2nn(C)c(=O)n2-c2ccccc2)C1. The minimum Gasteiger partial charge on any atom is -0.375 e. The number of methoxy groups -OCH3 is 1. The summed E-state index contributed by atoms with van der Waals surface area (Å²) in [7, 11) is 3.17. The largest absolute Gasteiger partial charge is 0.375 e. The predicted octanol–water partition coefficient (Wildman–Crippen LogP) is 0.923. The van der Waals surface area contributed by atoms with Crippen LogP contribution in [-0.4, -0.2) is 52.0 Å². The highest BCUT2D eigenvalue weighted by Gasteiger charge is 2.29. The second-order valence-electron chi connectivity index (χ2n) is 6.05. The van der Waals surface area contributed by atoms with Crippen LogP contribution in [0.4, 0.5) is 0 Å². The number of likely N-dealkylation sites (tertiary alicyclic amines) is 1. The Bertz CT molecular complexity index is 766. The van der Waals surface area contributed by atoms with Crippen molar-refractivity contribution in [2.24, 2.45) is 7.05 Å². The molecule has 0 unspecified atom stereocenters. The van der Waals surface area contributed by atoms with Crippen molar-refractivity contribution in [1.29, 1.82) is 0 Å². The van der Waals surface area contributed by atoms with E-state index in [1.807, 2.05) is 30.3 Å². The monoisotopic (exact) mass is 330 g/mol. The number of para-hydroxylation sites is 1. The van der Waals surface area contributed by atoms with Gasteiger partial charge in [-0.15, -0.1) is 0 Å². The average molecular weight is 330 g/mol. The number of hydrogen-bond acceptors (Lipinski definition) is 4. The second kappa shape index (κ2) is 7.00. The maximum Gasteiger partial charge on any atom is 0.350 e. The van der Waals surface area contributed by atoms with E-state index in [9.17, 15) is 9.59 Å². The molecule has 1 atom stereocenters. The lowest BCUT2D eigenvalue weighted by Gasteiger charge is -2.32. The standard InChI is InChI=1S/C17H22N4O3/c1-19-17(23)21(14-8-4-3-5-9-14)16(18-19)13-7-6-10-20(11-13)15(22)12-24-2/h3-5,8-9,13H,6-7,10-12H2,1-2H3/t13-/m1/s1. The van der Waals surface area contributed by atoms with Gasteiger partial charge in [-0.1, -0.05) is 18.2 Å². The number of carbonyl (C=O) groups excluding carboxylic acids is 1. The van der Waals surface area contributed by atoms with Gasteiger partial charge < -0.3 is 9.64 Å². The van der Waals surface area contributed by atoms with Gasteiger partial charge in [0.2, 0.25) is 5.91 Å². The third-order valence-electron chi connectivity index (χ3n) is 4.37. The van der Waals surface area contributed by atoms with E-state index in [-0.39, 0.29) is 24.1 Å². The second-order valence-corrected chi connectivity index (χ2v) is 6.05. The van der Waals surface area contributed by atoms with Gasteiger partial charge in [-0.05, 0) is 25.0 Å². The number of nitrogens with zero attached hydrogens (tertiary/aromatic N) is 4. The summed E-state index contributed by atoms with van der Waals surface area (Å²) >= 11 is 0. The zero-order chi connectivity index (χ0) is 17.1. The minimum absolute atomic E-state index is 0.0215. The summed E-state index contributed by atoms with van der Waals surface area (Å²) in [5.41, 5.74) is 0.627. The van der Waals surface area contributed by atoms with Crippen molar-refractivity contribution in [2.75, 3.05) is 26.8 Å². The molecule has 3 rings (SSSR count). The van der Waals surface area contributed by atoms with Crippen molar-refractivity contribution in [3.63, 3.8) is 0 Å². The molecule has 1 aliphatic rings. The molecule has 24 heavy (non-hydrogen) atoms. The van der Waals surface area contributed by atoms with Gasteiger partial charge in [-0.25, -0.2) is 14.0 Å². The zero-order valence-electron chi connectivity index (χ0n) is 14.0. The molecule has 0 aliphatic carbocycles. The van der Waals surface area contributed by atoms with E-state index in [2.05, 4.69) is 5.10 Å². The molecular formula is C17H22N4O3. The molecule has 7 heteroatoms. The topological polar surface area (TPSA) is 69.4 Å². The van der Waals surface area contributed by atoms with Crippen molar-refractivity contribution in [1.82, 2.24) is 19.2 Å². The quantitative estimate of drug-likeness (QED) is 0.836. The van der Waals surface area contributed by atoms with Crippen LogP contribution in [0.2, 0.25) is 0 Å². The maximum absolute atomic E-state index is 12.5. The van der Waals surface area contributed by atoms with Crippen LogP contribution >= 0.6 is 0 Å². The summed E-state index contributed by atoms with van der Waals surface area (Å²) in [6, 6.07) is 9.49. The summed E-state index contributed by atoms with van der Waals surface area (Å²) in [5.74, 6) is 0.726. The van der Waals surface area contributed by atoms with Crippen LogP contribution in [0.15, 0.2) is 35.1 Å². The molecule has 7 nitrogen and oxygen atoms in total. The number of aromatic nitrogens is 3. The molecule has 0 bridgehead atoms. The minimum atomic E-state index is -0.170. The van der Waals surface area contributed by atoms with E-state index in [0.717, 1.165) is 25.1 Å². The lowest BCUT2D eigenvalue weighted by Crippen LogP contribution is -2.41. The van der Waals surface area contributed by atoms with E-state index in [0.29, 0.717) is 12.4 Å². The highest BCUT2D eigenvalue weighted by Crippen LogP contribution is 2.26. The van der Waals surface area contributed by atoms with Crippen LogP contribution in [0, 0.1) is 0 Å². The molecule has 1 aromatic heterocycles.